The minimum Gasteiger partial charge on any atom is -0.376 e. The van der Waals surface area contributed by atoms with E-state index in [0.29, 0.717) is 0 Å². The third-order valence-corrected chi connectivity index (χ3v) is 11.4. The zero-order valence-corrected chi connectivity index (χ0v) is 26.4. The van der Waals surface area contributed by atoms with Gasteiger partial charge in [-0.05, 0) is 46.6 Å². The van der Waals surface area contributed by atoms with Crippen LogP contribution in [0, 0.1) is 6.92 Å². The Morgan fingerprint density at radius 2 is 1.25 bits per heavy atom. The number of fused-ring (bicyclic) bond motifs is 7. The minimum absolute atomic E-state index is 0.0298. The van der Waals surface area contributed by atoms with Crippen molar-refractivity contribution in [3.05, 3.63) is 139 Å². The molecule has 10 aromatic rings. The lowest BCUT2D eigenvalue weighted by molar-refractivity contribution is 1.19. The van der Waals surface area contributed by atoms with Crippen molar-refractivity contribution >= 4 is 101 Å². The molecular formula is C43H27B2N3. The fraction of sp³-hybridized carbons (Fsp3) is 0.0233. The first kappa shape index (κ1) is 25.2. The van der Waals surface area contributed by atoms with Gasteiger partial charge in [-0.3, -0.25) is 0 Å². The van der Waals surface area contributed by atoms with Crippen LogP contribution in [0.5, 0.6) is 0 Å². The second-order valence-electron chi connectivity index (χ2n) is 13.8. The average Bonchev–Trinajstić information content (AvgIpc) is 3.79. The molecule has 1 N–H and O–H groups in total. The summed E-state index contributed by atoms with van der Waals surface area (Å²) in [6, 6.07) is 50.0. The summed E-state index contributed by atoms with van der Waals surface area (Å²) >= 11 is 0. The smallest absolute Gasteiger partial charge is 0.332 e. The van der Waals surface area contributed by atoms with E-state index in [1.807, 2.05) is 0 Å². The van der Waals surface area contributed by atoms with E-state index in [9.17, 15) is 0 Å². The van der Waals surface area contributed by atoms with Crippen molar-refractivity contribution in [1.82, 2.24) is 14.0 Å². The topological polar surface area (TPSA) is 25.6 Å². The first-order valence-electron chi connectivity index (χ1n) is 17.0. The van der Waals surface area contributed by atoms with Gasteiger partial charge in [0.25, 0.3) is 0 Å². The van der Waals surface area contributed by atoms with Crippen LogP contribution in [0.15, 0.2) is 133 Å². The summed E-state index contributed by atoms with van der Waals surface area (Å²) in [4.78, 5) is 3.81. The molecule has 2 aliphatic heterocycles. The Hall–Kier alpha value is -5.93. The van der Waals surface area contributed by atoms with E-state index < -0.39 is 0 Å². The average molecular weight is 607 g/mol. The van der Waals surface area contributed by atoms with Crippen molar-refractivity contribution in [3.8, 4) is 16.8 Å². The Balaban J connectivity index is 1.26. The fourth-order valence-corrected chi connectivity index (χ4v) is 9.60. The van der Waals surface area contributed by atoms with Gasteiger partial charge in [-0.1, -0.05) is 127 Å². The number of hydrogen-bond donors (Lipinski definition) is 1. The summed E-state index contributed by atoms with van der Waals surface area (Å²) in [5.41, 5.74) is 18.5. The quantitative estimate of drug-likeness (QED) is 0.202. The van der Waals surface area contributed by atoms with Crippen molar-refractivity contribution in [2.75, 3.05) is 0 Å². The minimum atomic E-state index is 0.0298. The van der Waals surface area contributed by atoms with Crippen LogP contribution in [-0.4, -0.2) is 28.2 Å². The summed E-state index contributed by atoms with van der Waals surface area (Å²) in [6.45, 7) is 2.30. The maximum Gasteiger partial charge on any atom is 0.332 e. The van der Waals surface area contributed by atoms with E-state index >= 15 is 0 Å². The Morgan fingerprint density at radius 3 is 2.17 bits per heavy atom. The van der Waals surface area contributed by atoms with Crippen molar-refractivity contribution in [1.29, 1.82) is 0 Å². The summed E-state index contributed by atoms with van der Waals surface area (Å²) in [5.74, 6) is 0. The predicted molar refractivity (Wildman–Crippen MR) is 207 cm³/mol. The third-order valence-electron chi connectivity index (χ3n) is 11.4. The van der Waals surface area contributed by atoms with Crippen LogP contribution in [0.25, 0.3) is 82.2 Å². The molecule has 220 valence electrons. The summed E-state index contributed by atoms with van der Waals surface area (Å²) in [5, 5.41) is 7.88. The van der Waals surface area contributed by atoms with Crippen LogP contribution in [0.1, 0.15) is 5.56 Å². The molecule has 0 fully saturated rings. The van der Waals surface area contributed by atoms with Crippen molar-refractivity contribution in [2.45, 2.75) is 6.92 Å². The highest BCUT2D eigenvalue weighted by molar-refractivity contribution is 6.89. The largest absolute Gasteiger partial charge is 0.376 e. The lowest BCUT2D eigenvalue weighted by atomic mass is 9.45. The molecule has 7 aromatic carbocycles. The first-order valence-corrected chi connectivity index (χ1v) is 17.0. The van der Waals surface area contributed by atoms with E-state index in [4.69, 9.17) is 0 Å². The highest BCUT2D eigenvalue weighted by atomic mass is 15.0. The number of aromatic amines is 1. The molecule has 0 aliphatic carbocycles. The van der Waals surface area contributed by atoms with Gasteiger partial charge in [0, 0.05) is 65.6 Å². The molecular weight excluding hydrogens is 580 g/mol. The summed E-state index contributed by atoms with van der Waals surface area (Å²) in [6.07, 6.45) is 0. The summed E-state index contributed by atoms with van der Waals surface area (Å²) in [7, 11) is 0.900. The highest BCUT2D eigenvalue weighted by Crippen LogP contribution is 2.39. The third kappa shape index (κ3) is 2.91. The maximum atomic E-state index is 3.81. The highest BCUT2D eigenvalue weighted by Gasteiger charge is 2.40. The number of aryl methyl sites for hydroxylation is 1. The second kappa shape index (κ2) is 8.70. The van der Waals surface area contributed by atoms with Crippen LogP contribution in [0.2, 0.25) is 0 Å². The Morgan fingerprint density at radius 1 is 0.542 bits per heavy atom. The van der Waals surface area contributed by atoms with Crippen LogP contribution in [0.4, 0.5) is 0 Å². The molecule has 0 amide bonds. The van der Waals surface area contributed by atoms with Crippen LogP contribution in [-0.2, 0) is 0 Å². The molecule has 3 nitrogen and oxygen atoms in total. The van der Waals surface area contributed by atoms with Crippen molar-refractivity contribution < 1.29 is 0 Å². The van der Waals surface area contributed by atoms with E-state index in [-0.39, 0.29) is 6.85 Å². The maximum absolute atomic E-state index is 3.81. The monoisotopic (exact) mass is 607 g/mol. The van der Waals surface area contributed by atoms with Crippen LogP contribution in [0.3, 0.4) is 0 Å². The van der Waals surface area contributed by atoms with E-state index in [1.54, 1.807) is 0 Å². The molecule has 0 bridgehead atoms. The molecule has 0 saturated heterocycles. The zero-order chi connectivity index (χ0) is 31.2. The fourth-order valence-electron chi connectivity index (χ4n) is 9.60. The van der Waals surface area contributed by atoms with Crippen LogP contribution < -0.4 is 21.9 Å². The number of nitrogens with zero attached hydrogens (tertiary/aromatic N) is 2. The molecule has 0 unspecified atom stereocenters. The van der Waals surface area contributed by atoms with Gasteiger partial charge >= 0.3 is 6.85 Å². The molecule has 5 heterocycles. The number of H-pyrrole nitrogens is 1. The zero-order valence-electron chi connectivity index (χ0n) is 26.4. The number of nitrogens with one attached hydrogen (secondary N) is 1. The predicted octanol–water partition coefficient (Wildman–Crippen LogP) is 7.17. The lowest BCUT2D eigenvalue weighted by Gasteiger charge is -2.33. The Labute approximate surface area is 277 Å². The number of rotatable bonds is 2. The Kier molecular flexibility index (Phi) is 4.57. The van der Waals surface area contributed by atoms with Gasteiger partial charge in [0.2, 0.25) is 0 Å². The van der Waals surface area contributed by atoms with E-state index in [2.05, 4.69) is 154 Å². The summed E-state index contributed by atoms with van der Waals surface area (Å²) < 4.78 is 5.29. The van der Waals surface area contributed by atoms with Crippen molar-refractivity contribution in [2.24, 2.45) is 0 Å². The molecule has 5 heteroatoms. The van der Waals surface area contributed by atoms with Gasteiger partial charge in [0.05, 0.1) is 11.0 Å². The number of para-hydroxylation sites is 6. The molecule has 0 spiro atoms. The van der Waals surface area contributed by atoms with E-state index in [0.717, 1.165) is 7.28 Å². The number of aromatic nitrogens is 3. The standard InChI is InChI=1S/C43H27B2N3/c1-24-10-6-15-30-26-12-3-5-21-37(26)48(40(24)30)45-34-19-9-17-32-31-16-8-18-33-41(31)47(42(32)34)43-35(45)23-22-27(38(43)44-33)29-14-7-13-28-25-11-2-4-20-36(25)46-39(28)29/h2-23,44,46H,1H3. The molecule has 3 aromatic heterocycles. The molecule has 0 radical (unpaired) electrons. The Bertz CT molecular complexity index is 3070. The second-order valence-corrected chi connectivity index (χ2v) is 13.8. The van der Waals surface area contributed by atoms with Gasteiger partial charge < -0.3 is 14.0 Å². The molecule has 48 heavy (non-hydrogen) atoms. The molecule has 0 saturated carbocycles. The lowest BCUT2D eigenvalue weighted by Crippen LogP contribution is -2.56. The number of hydrogen-bond acceptors (Lipinski definition) is 0. The number of benzene rings is 7. The van der Waals surface area contributed by atoms with Gasteiger partial charge in [0.1, 0.15) is 0 Å². The van der Waals surface area contributed by atoms with Crippen LogP contribution >= 0.6 is 0 Å². The molecule has 0 atom stereocenters. The van der Waals surface area contributed by atoms with Crippen molar-refractivity contribution in [3.63, 3.8) is 0 Å². The molecule has 2 aliphatic rings. The van der Waals surface area contributed by atoms with Gasteiger partial charge in [-0.2, -0.15) is 0 Å². The normalized spacial score (nSPS) is 13.2. The first-order chi connectivity index (χ1) is 23.8. The SMILES string of the molecule is Cc1cccc2c3ccccc3n(B3c4ccc(-c5cccc6c5[nH]c5ccccc56)c5c4-n4c6c(cccc6c6cccc3c64)B5)c12. The van der Waals surface area contributed by atoms with Gasteiger partial charge in [-0.15, -0.1) is 0 Å². The van der Waals surface area contributed by atoms with Gasteiger partial charge in [-0.25, -0.2) is 0 Å². The van der Waals surface area contributed by atoms with E-state index in [1.165, 1.54) is 110 Å². The van der Waals surface area contributed by atoms with Gasteiger partial charge in [0.15, 0.2) is 7.28 Å². The molecule has 12 rings (SSSR count).